The average molecular weight is 291 g/mol. The first-order valence-electron chi connectivity index (χ1n) is 6.86. The molecule has 21 heavy (non-hydrogen) atoms. The molecular formula is C14H17N3O4. The molecule has 0 aliphatic carbocycles. The molecule has 7 heteroatoms. The molecule has 3 N–H and O–H groups in total. The van der Waals surface area contributed by atoms with E-state index in [1.807, 2.05) is 6.07 Å². The zero-order valence-corrected chi connectivity index (χ0v) is 11.5. The molecule has 112 valence electrons. The van der Waals surface area contributed by atoms with Crippen molar-refractivity contribution in [2.24, 2.45) is 5.73 Å². The van der Waals surface area contributed by atoms with Crippen molar-refractivity contribution in [2.45, 2.75) is 12.5 Å². The highest BCUT2D eigenvalue weighted by molar-refractivity contribution is 5.97. The van der Waals surface area contributed by atoms with Crippen LogP contribution in [-0.2, 0) is 16.0 Å². The van der Waals surface area contributed by atoms with Gasteiger partial charge in [-0.05, 0) is 30.2 Å². The van der Waals surface area contributed by atoms with E-state index in [4.69, 9.17) is 15.6 Å². The molecule has 0 radical (unpaired) electrons. The second-order valence-electron chi connectivity index (χ2n) is 5.12. The maximum Gasteiger partial charge on any atom is 0.414 e. The molecule has 3 rings (SSSR count). The third kappa shape index (κ3) is 2.34. The smallest absolute Gasteiger partial charge is 0.414 e. The summed E-state index contributed by atoms with van der Waals surface area (Å²) < 4.78 is 5.14. The minimum absolute atomic E-state index is 0.279. The summed E-state index contributed by atoms with van der Waals surface area (Å²) in [5.74, 6) is -0.315. The summed E-state index contributed by atoms with van der Waals surface area (Å²) in [7, 11) is 0. The van der Waals surface area contributed by atoms with Crippen LogP contribution in [0, 0.1) is 0 Å². The minimum Gasteiger partial charge on any atom is -0.443 e. The average Bonchev–Trinajstić information content (AvgIpc) is 3.09. The Kier molecular flexibility index (Phi) is 3.52. The summed E-state index contributed by atoms with van der Waals surface area (Å²) in [6.45, 7) is 0.783. The lowest BCUT2D eigenvalue weighted by molar-refractivity contribution is -0.121. The van der Waals surface area contributed by atoms with Crippen LogP contribution in [0.1, 0.15) is 5.56 Å². The summed E-state index contributed by atoms with van der Waals surface area (Å²) in [5.41, 5.74) is 8.04. The number of hydrogen-bond donors (Lipinski definition) is 2. The van der Waals surface area contributed by atoms with Crippen molar-refractivity contribution < 1.29 is 19.4 Å². The molecule has 2 aliphatic heterocycles. The molecule has 1 unspecified atom stereocenters. The molecule has 0 saturated carbocycles. The van der Waals surface area contributed by atoms with Gasteiger partial charge in [0.15, 0.2) is 0 Å². The van der Waals surface area contributed by atoms with Crippen LogP contribution in [0.25, 0.3) is 0 Å². The molecule has 0 spiro atoms. The number of carbonyl (C=O) groups is 2. The van der Waals surface area contributed by atoms with Gasteiger partial charge in [-0.2, -0.15) is 0 Å². The molecule has 2 heterocycles. The molecule has 1 aromatic rings. The number of benzene rings is 1. The Balaban J connectivity index is 1.85. The lowest BCUT2D eigenvalue weighted by Gasteiger charge is -2.18. The van der Waals surface area contributed by atoms with Crippen molar-refractivity contribution in [1.82, 2.24) is 0 Å². The zero-order valence-electron chi connectivity index (χ0n) is 11.5. The van der Waals surface area contributed by atoms with E-state index in [-0.39, 0.29) is 12.0 Å². The van der Waals surface area contributed by atoms with Crippen molar-refractivity contribution >= 4 is 23.4 Å². The van der Waals surface area contributed by atoms with Crippen LogP contribution >= 0.6 is 0 Å². The molecule has 7 nitrogen and oxygen atoms in total. The Morgan fingerprint density at radius 2 is 2.29 bits per heavy atom. The first-order valence-corrected chi connectivity index (χ1v) is 6.86. The van der Waals surface area contributed by atoms with E-state index in [9.17, 15) is 9.59 Å². The van der Waals surface area contributed by atoms with Crippen LogP contribution in [0.3, 0.4) is 0 Å². The Labute approximate surface area is 121 Å². The predicted molar refractivity (Wildman–Crippen MR) is 76.3 cm³/mol. The number of cyclic esters (lactones) is 1. The van der Waals surface area contributed by atoms with Crippen molar-refractivity contribution in [3.63, 3.8) is 0 Å². The number of fused-ring (bicyclic) bond motifs is 1. The fourth-order valence-corrected chi connectivity index (χ4v) is 2.76. The normalized spacial score (nSPS) is 20.7. The number of amides is 2. The first-order chi connectivity index (χ1) is 10.1. The van der Waals surface area contributed by atoms with E-state index in [1.54, 1.807) is 21.9 Å². The van der Waals surface area contributed by atoms with Gasteiger partial charge in [-0.1, -0.05) is 0 Å². The Morgan fingerprint density at radius 3 is 2.95 bits per heavy atom. The van der Waals surface area contributed by atoms with Crippen LogP contribution in [0.15, 0.2) is 18.2 Å². The number of nitrogens with zero attached hydrogens (tertiary/aromatic N) is 2. The highest BCUT2D eigenvalue weighted by atomic mass is 16.6. The molecule has 2 amide bonds. The second-order valence-corrected chi connectivity index (χ2v) is 5.12. The van der Waals surface area contributed by atoms with Crippen molar-refractivity contribution in [3.05, 3.63) is 23.8 Å². The summed E-state index contributed by atoms with van der Waals surface area (Å²) >= 11 is 0. The van der Waals surface area contributed by atoms with Gasteiger partial charge in [-0.25, -0.2) is 4.79 Å². The monoisotopic (exact) mass is 291 g/mol. The van der Waals surface area contributed by atoms with E-state index >= 15 is 0 Å². The van der Waals surface area contributed by atoms with E-state index in [0.29, 0.717) is 26.1 Å². The van der Waals surface area contributed by atoms with Crippen LogP contribution in [0.4, 0.5) is 16.2 Å². The number of anilines is 2. The fourth-order valence-electron chi connectivity index (χ4n) is 2.76. The summed E-state index contributed by atoms with van der Waals surface area (Å²) in [5, 5.41) is 8.97. The topological polar surface area (TPSA) is 96.1 Å². The predicted octanol–water partition coefficient (Wildman–Crippen LogP) is -0.148. The van der Waals surface area contributed by atoms with Crippen molar-refractivity contribution in [1.29, 1.82) is 0 Å². The van der Waals surface area contributed by atoms with E-state index in [1.165, 1.54) is 0 Å². The molecule has 1 fully saturated rings. The third-order valence-corrected chi connectivity index (χ3v) is 3.84. The van der Waals surface area contributed by atoms with Crippen LogP contribution in [-0.4, -0.2) is 49.5 Å². The minimum atomic E-state index is -0.502. The lowest BCUT2D eigenvalue weighted by Crippen LogP contribution is -2.31. The number of ether oxygens (including phenoxy) is 1. The Morgan fingerprint density at radius 1 is 1.48 bits per heavy atom. The Hall–Kier alpha value is -2.12. The van der Waals surface area contributed by atoms with Gasteiger partial charge in [-0.3, -0.25) is 9.69 Å². The second kappa shape index (κ2) is 5.34. The van der Waals surface area contributed by atoms with Crippen LogP contribution < -0.4 is 15.5 Å². The highest BCUT2D eigenvalue weighted by Crippen LogP contribution is 2.33. The van der Waals surface area contributed by atoms with Gasteiger partial charge in [0.1, 0.15) is 12.7 Å². The van der Waals surface area contributed by atoms with Crippen molar-refractivity contribution in [2.75, 3.05) is 36.0 Å². The summed E-state index contributed by atoms with van der Waals surface area (Å²) in [6, 6.07) is 5.47. The molecular weight excluding hydrogens is 274 g/mol. The molecule has 1 aromatic carbocycles. The maximum atomic E-state index is 11.8. The fraction of sp³-hybridized carbons (Fsp3) is 0.429. The standard InChI is InChI=1S/C14H17N3O4/c15-6-11-7-17(14(20)21-11)10-1-2-12-9(5-10)3-4-16(12)13(19)8-18/h1-2,5,11,18H,3-4,6-8,15H2. The zero-order chi connectivity index (χ0) is 15.0. The van der Waals surface area contributed by atoms with Crippen LogP contribution in [0.2, 0.25) is 0 Å². The largest absolute Gasteiger partial charge is 0.443 e. The number of aliphatic hydroxyl groups is 1. The number of carbonyl (C=O) groups excluding carboxylic acids is 2. The van der Waals surface area contributed by atoms with Crippen LogP contribution in [0.5, 0.6) is 0 Å². The lowest BCUT2D eigenvalue weighted by atomic mass is 10.1. The van der Waals surface area contributed by atoms with E-state index in [2.05, 4.69) is 0 Å². The molecule has 1 saturated heterocycles. The van der Waals surface area contributed by atoms with E-state index in [0.717, 1.165) is 16.9 Å². The Bertz CT molecular complexity index is 590. The number of rotatable bonds is 3. The molecule has 0 bridgehead atoms. The SMILES string of the molecule is NCC1CN(c2ccc3c(c2)CCN3C(=O)CO)C(=O)O1. The molecule has 1 atom stereocenters. The van der Waals surface area contributed by atoms with Gasteiger partial charge in [0, 0.05) is 24.5 Å². The molecule has 2 aliphatic rings. The molecule has 0 aromatic heterocycles. The number of nitrogens with two attached hydrogens (primary N) is 1. The highest BCUT2D eigenvalue weighted by Gasteiger charge is 2.32. The quantitative estimate of drug-likeness (QED) is 0.807. The van der Waals surface area contributed by atoms with Gasteiger partial charge >= 0.3 is 6.09 Å². The summed E-state index contributed by atoms with van der Waals surface area (Å²) in [4.78, 5) is 26.6. The van der Waals surface area contributed by atoms with Gasteiger partial charge in [-0.15, -0.1) is 0 Å². The van der Waals surface area contributed by atoms with Gasteiger partial charge < -0.3 is 20.5 Å². The first kappa shape index (κ1) is 13.8. The number of aliphatic hydroxyl groups excluding tert-OH is 1. The van der Waals surface area contributed by atoms with Crippen molar-refractivity contribution in [3.8, 4) is 0 Å². The third-order valence-electron chi connectivity index (χ3n) is 3.84. The maximum absolute atomic E-state index is 11.8. The number of hydrogen-bond acceptors (Lipinski definition) is 5. The van der Waals surface area contributed by atoms with Gasteiger partial charge in [0.05, 0.1) is 6.54 Å². The van der Waals surface area contributed by atoms with Gasteiger partial charge in [0.2, 0.25) is 0 Å². The van der Waals surface area contributed by atoms with Gasteiger partial charge in [0.25, 0.3) is 5.91 Å². The van der Waals surface area contributed by atoms with E-state index < -0.39 is 12.7 Å². The summed E-state index contributed by atoms with van der Waals surface area (Å²) in [6.07, 6.45) is 0.0305.